The minimum Gasteiger partial charge on any atom is -0.493 e. The van der Waals surface area contributed by atoms with E-state index in [4.69, 9.17) is 9.47 Å². The molecule has 1 atom stereocenters. The van der Waals surface area contributed by atoms with Crippen molar-refractivity contribution in [2.24, 2.45) is 0 Å². The van der Waals surface area contributed by atoms with Crippen molar-refractivity contribution in [1.82, 2.24) is 0 Å². The number of rotatable bonds is 9. The van der Waals surface area contributed by atoms with Crippen LogP contribution >= 0.6 is 15.9 Å². The van der Waals surface area contributed by atoms with E-state index in [1.54, 1.807) is 0 Å². The molecule has 0 aromatic heterocycles. The molecule has 0 radical (unpaired) electrons. The number of methoxy groups -OCH3 is 1. The van der Waals surface area contributed by atoms with Crippen LogP contribution in [0.3, 0.4) is 0 Å². The van der Waals surface area contributed by atoms with Gasteiger partial charge in [0.2, 0.25) is 0 Å². The largest absolute Gasteiger partial charge is 0.493 e. The summed E-state index contributed by atoms with van der Waals surface area (Å²) in [4.78, 5) is 11.3. The van der Waals surface area contributed by atoms with E-state index in [1.165, 1.54) is 12.7 Å². The molecule has 2 rings (SSSR count). The average Bonchev–Trinajstić information content (AvgIpc) is 2.63. The first-order valence-corrected chi connectivity index (χ1v) is 9.90. The predicted molar refractivity (Wildman–Crippen MR) is 111 cm³/mol. The van der Waals surface area contributed by atoms with E-state index in [2.05, 4.69) is 27.6 Å². The second kappa shape index (κ2) is 10.4. The normalized spacial score (nSPS) is 11.7. The fraction of sp³-hybridized carbons (Fsp3) is 0.409. The summed E-state index contributed by atoms with van der Waals surface area (Å²) >= 11 is 3.54. The van der Waals surface area contributed by atoms with Gasteiger partial charge in [0.05, 0.1) is 24.3 Å². The van der Waals surface area contributed by atoms with Crippen LogP contribution in [0.25, 0.3) is 0 Å². The number of carbonyl (C=O) groups excluding carboxylic acids is 1. The lowest BCUT2D eigenvalue weighted by Gasteiger charge is -2.17. The predicted octanol–water partition coefficient (Wildman–Crippen LogP) is 5.41. The maximum atomic E-state index is 11.3. The van der Waals surface area contributed by atoms with Gasteiger partial charge in [-0.15, -0.1) is 0 Å². The Morgan fingerprint density at radius 3 is 2.59 bits per heavy atom. The maximum absolute atomic E-state index is 11.3. The van der Waals surface area contributed by atoms with E-state index in [0.717, 1.165) is 33.5 Å². The highest BCUT2D eigenvalue weighted by Crippen LogP contribution is 2.27. The molecule has 5 heteroatoms. The highest BCUT2D eigenvalue weighted by atomic mass is 79.9. The Morgan fingerprint density at radius 2 is 1.93 bits per heavy atom. The van der Waals surface area contributed by atoms with Gasteiger partial charge in [-0.3, -0.25) is 4.79 Å². The van der Waals surface area contributed by atoms with E-state index in [-0.39, 0.29) is 12.1 Å². The second-order valence-corrected chi connectivity index (χ2v) is 7.52. The fourth-order valence-corrected chi connectivity index (χ4v) is 3.28. The van der Waals surface area contributed by atoms with Gasteiger partial charge in [-0.1, -0.05) is 12.1 Å². The van der Waals surface area contributed by atoms with Crippen LogP contribution in [-0.4, -0.2) is 25.8 Å². The Bertz CT molecular complexity index is 773. The summed E-state index contributed by atoms with van der Waals surface area (Å²) in [7, 11) is 1.41. The van der Waals surface area contributed by atoms with E-state index in [1.807, 2.05) is 50.2 Å². The number of benzene rings is 2. The van der Waals surface area contributed by atoms with Crippen LogP contribution in [0.2, 0.25) is 0 Å². The van der Waals surface area contributed by atoms with E-state index in [0.29, 0.717) is 19.4 Å². The lowest BCUT2D eigenvalue weighted by molar-refractivity contribution is -0.140. The molecule has 1 unspecified atom stereocenters. The van der Waals surface area contributed by atoms with Crippen molar-refractivity contribution in [3.63, 3.8) is 0 Å². The number of carbonyl (C=O) groups is 1. The van der Waals surface area contributed by atoms with Gasteiger partial charge in [0.25, 0.3) is 0 Å². The Balaban J connectivity index is 1.80. The third kappa shape index (κ3) is 6.90. The number of halogens is 1. The van der Waals surface area contributed by atoms with Crippen molar-refractivity contribution in [3.8, 4) is 11.5 Å². The maximum Gasteiger partial charge on any atom is 0.305 e. The zero-order valence-corrected chi connectivity index (χ0v) is 18.0. The fourth-order valence-electron chi connectivity index (χ4n) is 2.70. The van der Waals surface area contributed by atoms with Crippen LogP contribution in [0.1, 0.15) is 36.5 Å². The summed E-state index contributed by atoms with van der Waals surface area (Å²) in [6.07, 6.45) is 1.89. The molecule has 0 amide bonds. The zero-order valence-electron chi connectivity index (χ0n) is 16.4. The topological polar surface area (TPSA) is 44.8 Å². The van der Waals surface area contributed by atoms with E-state index < -0.39 is 0 Å². The quantitative estimate of drug-likeness (QED) is 0.495. The first-order valence-electron chi connectivity index (χ1n) is 9.11. The van der Waals surface area contributed by atoms with Crippen LogP contribution in [0.4, 0.5) is 0 Å². The zero-order chi connectivity index (χ0) is 19.8. The second-order valence-electron chi connectivity index (χ2n) is 6.66. The van der Waals surface area contributed by atoms with Gasteiger partial charge >= 0.3 is 5.97 Å². The molecular formula is C22H27BrO4. The van der Waals surface area contributed by atoms with Crippen molar-refractivity contribution in [3.05, 3.63) is 57.6 Å². The molecular weight excluding hydrogens is 408 g/mol. The van der Waals surface area contributed by atoms with Gasteiger partial charge in [-0.2, -0.15) is 0 Å². The van der Waals surface area contributed by atoms with Gasteiger partial charge in [-0.25, -0.2) is 0 Å². The SMILES string of the molecule is COC(=O)CCc1ccc(OCCC(C)Oc2ccc(C)cc2Br)cc1C. The van der Waals surface area contributed by atoms with Crippen LogP contribution in [0.15, 0.2) is 40.9 Å². The van der Waals surface area contributed by atoms with Gasteiger partial charge in [0, 0.05) is 12.8 Å². The van der Waals surface area contributed by atoms with Crippen molar-refractivity contribution >= 4 is 21.9 Å². The molecule has 2 aromatic carbocycles. The lowest BCUT2D eigenvalue weighted by Crippen LogP contribution is -2.16. The molecule has 0 heterocycles. The molecule has 0 aliphatic rings. The third-order valence-electron chi connectivity index (χ3n) is 4.35. The standard InChI is InChI=1S/C22H27BrO4/c1-15-5-9-21(20(23)13-15)27-17(3)11-12-26-19-8-6-18(16(2)14-19)7-10-22(24)25-4/h5-6,8-9,13-14,17H,7,10-12H2,1-4H3. The Morgan fingerprint density at radius 1 is 1.15 bits per heavy atom. The molecule has 0 N–H and O–H groups in total. The molecule has 0 bridgehead atoms. The first kappa shape index (κ1) is 21.3. The van der Waals surface area contributed by atoms with Gasteiger partial charge < -0.3 is 14.2 Å². The molecule has 146 valence electrons. The number of esters is 1. The van der Waals surface area contributed by atoms with E-state index in [9.17, 15) is 4.79 Å². The van der Waals surface area contributed by atoms with Crippen LogP contribution in [0.5, 0.6) is 11.5 Å². The van der Waals surface area contributed by atoms with E-state index >= 15 is 0 Å². The van der Waals surface area contributed by atoms with Gasteiger partial charge in [-0.05, 0) is 84.1 Å². The van der Waals surface area contributed by atoms with Crippen molar-refractivity contribution in [2.45, 2.75) is 46.1 Å². The molecule has 0 spiro atoms. The van der Waals surface area contributed by atoms with Crippen molar-refractivity contribution in [2.75, 3.05) is 13.7 Å². The molecule has 2 aromatic rings. The summed E-state index contributed by atoms with van der Waals surface area (Å²) in [6.45, 7) is 6.69. The van der Waals surface area contributed by atoms with Crippen LogP contribution < -0.4 is 9.47 Å². The number of hydrogen-bond acceptors (Lipinski definition) is 4. The monoisotopic (exact) mass is 434 g/mol. The van der Waals surface area contributed by atoms with Crippen molar-refractivity contribution < 1.29 is 19.0 Å². The minimum atomic E-state index is -0.191. The molecule has 4 nitrogen and oxygen atoms in total. The van der Waals surface area contributed by atoms with Gasteiger partial charge in [0.15, 0.2) is 0 Å². The third-order valence-corrected chi connectivity index (χ3v) is 4.97. The number of hydrogen-bond donors (Lipinski definition) is 0. The summed E-state index contributed by atoms with van der Waals surface area (Å²) < 4.78 is 17.5. The molecule has 0 saturated carbocycles. The number of aryl methyl sites for hydroxylation is 3. The van der Waals surface area contributed by atoms with Crippen LogP contribution in [0, 0.1) is 13.8 Å². The molecule has 0 aliphatic carbocycles. The Labute approximate surface area is 170 Å². The summed E-state index contributed by atoms with van der Waals surface area (Å²) in [5.41, 5.74) is 3.44. The average molecular weight is 435 g/mol. The smallest absolute Gasteiger partial charge is 0.305 e. The number of ether oxygens (including phenoxy) is 3. The van der Waals surface area contributed by atoms with Gasteiger partial charge in [0.1, 0.15) is 11.5 Å². The first-order chi connectivity index (χ1) is 12.9. The Hall–Kier alpha value is -2.01. The molecule has 0 saturated heterocycles. The van der Waals surface area contributed by atoms with Crippen molar-refractivity contribution in [1.29, 1.82) is 0 Å². The molecule has 0 aliphatic heterocycles. The Kier molecular flexibility index (Phi) is 8.17. The highest BCUT2D eigenvalue weighted by Gasteiger charge is 2.09. The minimum absolute atomic E-state index is 0.0458. The highest BCUT2D eigenvalue weighted by molar-refractivity contribution is 9.10. The summed E-state index contributed by atoms with van der Waals surface area (Å²) in [5.74, 6) is 1.49. The summed E-state index contributed by atoms with van der Waals surface area (Å²) in [5, 5.41) is 0. The lowest BCUT2D eigenvalue weighted by atomic mass is 10.0. The van der Waals surface area contributed by atoms with Crippen LogP contribution in [-0.2, 0) is 16.0 Å². The summed E-state index contributed by atoms with van der Waals surface area (Å²) in [6, 6.07) is 12.0. The molecule has 0 fully saturated rings. The molecule has 27 heavy (non-hydrogen) atoms.